The Bertz CT molecular complexity index is 843. The van der Waals surface area contributed by atoms with Crippen LogP contribution in [-0.4, -0.2) is 45.3 Å². The van der Waals surface area contributed by atoms with Gasteiger partial charge in [0.1, 0.15) is 24.0 Å². The number of para-hydroxylation sites is 1. The maximum atomic E-state index is 12.6. The van der Waals surface area contributed by atoms with Crippen molar-refractivity contribution < 1.29 is 14.3 Å². The Kier molecular flexibility index (Phi) is 5.02. The van der Waals surface area contributed by atoms with Crippen molar-refractivity contribution in [3.63, 3.8) is 0 Å². The van der Waals surface area contributed by atoms with Gasteiger partial charge < -0.3 is 15.4 Å². The molecule has 0 saturated heterocycles. The summed E-state index contributed by atoms with van der Waals surface area (Å²) in [5, 5.41) is 10.1. The molecule has 1 aromatic heterocycles. The average molecular weight is 383 g/mol. The van der Waals surface area contributed by atoms with E-state index in [2.05, 4.69) is 20.7 Å². The van der Waals surface area contributed by atoms with Crippen molar-refractivity contribution in [1.29, 1.82) is 0 Å². The van der Waals surface area contributed by atoms with Crippen LogP contribution in [0.2, 0.25) is 0 Å². The summed E-state index contributed by atoms with van der Waals surface area (Å²) in [6, 6.07) is 7.38. The molecule has 4 rings (SSSR count). The minimum Gasteiger partial charge on any atom is -0.485 e. The van der Waals surface area contributed by atoms with Gasteiger partial charge in [-0.15, -0.1) is 0 Å². The SMILES string of the molecule is CC(CNC(=O)C1CCC2(CC1)CNC(=O)c1ccccc1O2)n1cncn1. The van der Waals surface area contributed by atoms with E-state index in [0.717, 1.165) is 25.7 Å². The summed E-state index contributed by atoms with van der Waals surface area (Å²) in [5.41, 5.74) is 0.133. The third-order valence-electron chi connectivity index (χ3n) is 5.76. The van der Waals surface area contributed by atoms with Gasteiger partial charge in [-0.2, -0.15) is 5.10 Å². The highest BCUT2D eigenvalue weighted by Crippen LogP contribution is 2.38. The van der Waals surface area contributed by atoms with Crippen LogP contribution in [0.3, 0.4) is 0 Å². The number of carbonyl (C=O) groups excluding carboxylic acids is 2. The molecule has 1 fully saturated rings. The Hall–Kier alpha value is -2.90. The number of amides is 2. The van der Waals surface area contributed by atoms with Crippen molar-refractivity contribution in [3.05, 3.63) is 42.5 Å². The predicted molar refractivity (Wildman–Crippen MR) is 102 cm³/mol. The van der Waals surface area contributed by atoms with Crippen molar-refractivity contribution in [1.82, 2.24) is 25.4 Å². The minimum absolute atomic E-state index is 0.0358. The van der Waals surface area contributed by atoms with Crippen molar-refractivity contribution in [2.24, 2.45) is 5.92 Å². The summed E-state index contributed by atoms with van der Waals surface area (Å²) in [6.07, 6.45) is 6.08. The number of fused-ring (bicyclic) bond motifs is 1. The normalized spacial score (nSPS) is 25.2. The molecule has 1 atom stereocenters. The zero-order chi connectivity index (χ0) is 19.6. The van der Waals surface area contributed by atoms with E-state index < -0.39 is 5.60 Å². The van der Waals surface area contributed by atoms with Gasteiger partial charge in [0.25, 0.3) is 5.91 Å². The number of aromatic nitrogens is 3. The van der Waals surface area contributed by atoms with E-state index in [9.17, 15) is 9.59 Å². The standard InChI is InChI=1S/C20H25N5O3/c1-14(25-13-21-12-24-25)10-22-18(26)15-6-8-20(9-7-15)11-23-19(27)16-4-2-3-5-17(16)28-20/h2-5,12-15H,6-11H2,1H3,(H,22,26)(H,23,27). The fourth-order valence-electron chi connectivity index (χ4n) is 3.97. The summed E-state index contributed by atoms with van der Waals surface area (Å²) < 4.78 is 8.03. The van der Waals surface area contributed by atoms with Gasteiger partial charge in [-0.05, 0) is 44.7 Å². The molecule has 1 unspecified atom stereocenters. The molecule has 148 valence electrons. The molecule has 2 heterocycles. The van der Waals surface area contributed by atoms with E-state index >= 15 is 0 Å². The maximum Gasteiger partial charge on any atom is 0.255 e. The van der Waals surface area contributed by atoms with Gasteiger partial charge in [-0.25, -0.2) is 9.67 Å². The molecule has 0 bridgehead atoms. The maximum absolute atomic E-state index is 12.6. The van der Waals surface area contributed by atoms with E-state index in [1.165, 1.54) is 6.33 Å². The lowest BCUT2D eigenvalue weighted by molar-refractivity contribution is -0.127. The number of hydrogen-bond acceptors (Lipinski definition) is 5. The van der Waals surface area contributed by atoms with Crippen LogP contribution < -0.4 is 15.4 Å². The van der Waals surface area contributed by atoms with E-state index in [0.29, 0.717) is 24.4 Å². The zero-order valence-corrected chi connectivity index (χ0v) is 15.9. The molecule has 1 aromatic carbocycles. The summed E-state index contributed by atoms with van der Waals surface area (Å²) in [4.78, 5) is 28.8. The molecule has 8 heteroatoms. The van der Waals surface area contributed by atoms with Crippen LogP contribution in [0, 0.1) is 5.92 Å². The lowest BCUT2D eigenvalue weighted by Crippen LogP contribution is -2.49. The molecule has 1 spiro atoms. The minimum atomic E-state index is -0.437. The first kappa shape index (κ1) is 18.5. The van der Waals surface area contributed by atoms with Gasteiger partial charge >= 0.3 is 0 Å². The molecule has 8 nitrogen and oxygen atoms in total. The number of hydrogen-bond donors (Lipinski definition) is 2. The highest BCUT2D eigenvalue weighted by Gasteiger charge is 2.41. The molecular formula is C20H25N5O3. The Morgan fingerprint density at radius 3 is 2.93 bits per heavy atom. The highest BCUT2D eigenvalue weighted by molar-refractivity contribution is 5.97. The van der Waals surface area contributed by atoms with Crippen LogP contribution in [0.25, 0.3) is 0 Å². The van der Waals surface area contributed by atoms with Gasteiger partial charge in [-0.1, -0.05) is 12.1 Å². The predicted octanol–water partition coefficient (Wildman–Crippen LogP) is 1.71. The first-order valence-electron chi connectivity index (χ1n) is 9.74. The molecule has 2 amide bonds. The molecule has 1 aliphatic carbocycles. The third kappa shape index (κ3) is 3.72. The van der Waals surface area contributed by atoms with Crippen LogP contribution in [0.15, 0.2) is 36.9 Å². The topological polar surface area (TPSA) is 98.1 Å². The number of rotatable bonds is 4. The van der Waals surface area contributed by atoms with Crippen LogP contribution in [0.4, 0.5) is 0 Å². The largest absolute Gasteiger partial charge is 0.485 e. The summed E-state index contributed by atoms with van der Waals surface area (Å²) in [6.45, 7) is 2.98. The Balaban J connectivity index is 1.34. The Labute approximate surface area is 163 Å². The first-order valence-corrected chi connectivity index (χ1v) is 9.74. The molecule has 0 radical (unpaired) electrons. The van der Waals surface area contributed by atoms with Crippen LogP contribution in [0.5, 0.6) is 5.75 Å². The van der Waals surface area contributed by atoms with Gasteiger partial charge in [0.05, 0.1) is 18.2 Å². The third-order valence-corrected chi connectivity index (χ3v) is 5.76. The van der Waals surface area contributed by atoms with Crippen LogP contribution >= 0.6 is 0 Å². The highest BCUT2D eigenvalue weighted by atomic mass is 16.5. The number of nitrogens with zero attached hydrogens (tertiary/aromatic N) is 3. The number of nitrogens with one attached hydrogen (secondary N) is 2. The molecule has 1 saturated carbocycles. The molecular weight excluding hydrogens is 358 g/mol. The second-order valence-electron chi connectivity index (χ2n) is 7.71. The Morgan fingerprint density at radius 2 is 2.18 bits per heavy atom. The van der Waals surface area contributed by atoms with Crippen molar-refractivity contribution in [2.75, 3.05) is 13.1 Å². The summed E-state index contributed by atoms with van der Waals surface area (Å²) in [7, 11) is 0. The van der Waals surface area contributed by atoms with Crippen molar-refractivity contribution in [3.8, 4) is 5.75 Å². The fraction of sp³-hybridized carbons (Fsp3) is 0.500. The molecule has 2 aromatic rings. The lowest BCUT2D eigenvalue weighted by atomic mass is 9.78. The first-order chi connectivity index (χ1) is 13.6. The number of carbonyl (C=O) groups is 2. The second kappa shape index (κ2) is 7.61. The van der Waals surface area contributed by atoms with E-state index in [1.807, 2.05) is 25.1 Å². The Morgan fingerprint density at radius 1 is 1.39 bits per heavy atom. The number of ether oxygens (including phenoxy) is 1. The van der Waals surface area contributed by atoms with Gasteiger partial charge in [-0.3, -0.25) is 9.59 Å². The van der Waals surface area contributed by atoms with E-state index in [4.69, 9.17) is 4.74 Å². The van der Waals surface area contributed by atoms with E-state index in [-0.39, 0.29) is 23.8 Å². The summed E-state index contributed by atoms with van der Waals surface area (Å²) in [5.74, 6) is 0.558. The van der Waals surface area contributed by atoms with Crippen molar-refractivity contribution >= 4 is 11.8 Å². The molecule has 1 aliphatic heterocycles. The average Bonchev–Trinajstić information content (AvgIpc) is 3.22. The van der Waals surface area contributed by atoms with Crippen molar-refractivity contribution in [2.45, 2.75) is 44.2 Å². The quantitative estimate of drug-likeness (QED) is 0.838. The lowest BCUT2D eigenvalue weighted by Gasteiger charge is -2.39. The van der Waals surface area contributed by atoms with Gasteiger partial charge in [0.15, 0.2) is 0 Å². The van der Waals surface area contributed by atoms with Crippen LogP contribution in [-0.2, 0) is 4.79 Å². The molecule has 2 N–H and O–H groups in total. The monoisotopic (exact) mass is 383 g/mol. The zero-order valence-electron chi connectivity index (χ0n) is 15.9. The van der Waals surface area contributed by atoms with E-state index in [1.54, 1.807) is 17.1 Å². The molecule has 28 heavy (non-hydrogen) atoms. The van der Waals surface area contributed by atoms with Gasteiger partial charge in [0, 0.05) is 12.5 Å². The molecule has 2 aliphatic rings. The van der Waals surface area contributed by atoms with Crippen LogP contribution in [0.1, 0.15) is 49.0 Å². The summed E-state index contributed by atoms with van der Waals surface area (Å²) >= 11 is 0. The second-order valence-corrected chi connectivity index (χ2v) is 7.71. The smallest absolute Gasteiger partial charge is 0.255 e. The number of benzene rings is 1. The van der Waals surface area contributed by atoms with Gasteiger partial charge in [0.2, 0.25) is 5.91 Å². The fourth-order valence-corrected chi connectivity index (χ4v) is 3.97.